The third-order valence-electron chi connectivity index (χ3n) is 3.06. The van der Waals surface area contributed by atoms with Gasteiger partial charge in [-0.1, -0.05) is 32.5 Å². The molecule has 0 aliphatic carbocycles. The minimum atomic E-state index is -0.617. The zero-order chi connectivity index (χ0) is 13.8. The lowest BCUT2D eigenvalue weighted by Crippen LogP contribution is -2.29. The van der Waals surface area contributed by atoms with Gasteiger partial charge in [0.25, 0.3) is 0 Å². The third kappa shape index (κ3) is 2.93. The number of nitrogens with one attached hydrogen (secondary N) is 1. The molecule has 4 nitrogen and oxygen atoms in total. The predicted molar refractivity (Wildman–Crippen MR) is 80.2 cm³/mol. The van der Waals surface area contributed by atoms with E-state index in [-0.39, 0.29) is 0 Å². The second-order valence-corrected chi connectivity index (χ2v) is 4.90. The Morgan fingerprint density at radius 3 is 2.95 bits per heavy atom. The third-order valence-corrected chi connectivity index (χ3v) is 3.50. The SMILES string of the molecule is CCCC(O)Nn1c(=S)c(CC)cc2cccnc21. The van der Waals surface area contributed by atoms with Crippen LogP contribution >= 0.6 is 12.2 Å². The Kier molecular flexibility index (Phi) is 4.50. The second-order valence-electron chi connectivity index (χ2n) is 4.51. The fraction of sp³-hybridized carbons (Fsp3) is 0.429. The van der Waals surface area contributed by atoms with Gasteiger partial charge >= 0.3 is 0 Å². The number of fused-ring (bicyclic) bond motifs is 1. The highest BCUT2D eigenvalue weighted by molar-refractivity contribution is 7.71. The quantitative estimate of drug-likeness (QED) is 0.651. The number of nitrogens with zero attached hydrogens (tertiary/aromatic N) is 2. The number of hydrogen-bond acceptors (Lipinski definition) is 4. The Morgan fingerprint density at radius 1 is 1.47 bits per heavy atom. The normalized spacial score (nSPS) is 12.6. The minimum absolute atomic E-state index is 0.617. The topological polar surface area (TPSA) is 50.1 Å². The fourth-order valence-electron chi connectivity index (χ4n) is 2.06. The Hall–Kier alpha value is -1.46. The molecule has 0 fully saturated rings. The summed E-state index contributed by atoms with van der Waals surface area (Å²) in [6, 6.07) is 5.97. The lowest BCUT2D eigenvalue weighted by atomic mass is 10.2. The Balaban J connectivity index is 2.56. The molecular formula is C14H19N3OS. The van der Waals surface area contributed by atoms with E-state index in [1.54, 1.807) is 10.9 Å². The molecule has 0 radical (unpaired) electrons. The molecule has 0 saturated carbocycles. The van der Waals surface area contributed by atoms with Crippen LogP contribution in [-0.2, 0) is 6.42 Å². The average molecular weight is 277 g/mol. The van der Waals surface area contributed by atoms with E-state index in [0.29, 0.717) is 11.1 Å². The van der Waals surface area contributed by atoms with Gasteiger partial charge in [-0.15, -0.1) is 0 Å². The van der Waals surface area contributed by atoms with Gasteiger partial charge in [-0.05, 0) is 36.6 Å². The first kappa shape index (κ1) is 14.0. The van der Waals surface area contributed by atoms with Crippen LogP contribution in [0, 0.1) is 4.64 Å². The number of aliphatic hydroxyl groups excluding tert-OH is 1. The first-order valence-electron chi connectivity index (χ1n) is 6.61. The highest BCUT2D eigenvalue weighted by Gasteiger charge is 2.09. The van der Waals surface area contributed by atoms with Crippen molar-refractivity contribution in [3.63, 3.8) is 0 Å². The van der Waals surface area contributed by atoms with Crippen LogP contribution in [0.5, 0.6) is 0 Å². The maximum atomic E-state index is 9.94. The number of aromatic nitrogens is 2. The zero-order valence-electron chi connectivity index (χ0n) is 11.3. The van der Waals surface area contributed by atoms with E-state index in [1.807, 2.05) is 19.1 Å². The number of pyridine rings is 2. The molecule has 0 saturated heterocycles. The molecule has 2 N–H and O–H groups in total. The van der Waals surface area contributed by atoms with Crippen molar-refractivity contribution in [3.05, 3.63) is 34.6 Å². The Labute approximate surface area is 118 Å². The lowest BCUT2D eigenvalue weighted by molar-refractivity contribution is 0.177. The minimum Gasteiger partial charge on any atom is -0.372 e. The second kappa shape index (κ2) is 6.12. The van der Waals surface area contributed by atoms with Crippen LogP contribution in [0.2, 0.25) is 0 Å². The summed E-state index contributed by atoms with van der Waals surface area (Å²) in [5, 5.41) is 11.0. The van der Waals surface area contributed by atoms with Crippen molar-refractivity contribution in [2.45, 2.75) is 39.3 Å². The molecule has 0 bridgehead atoms. The van der Waals surface area contributed by atoms with Gasteiger partial charge in [-0.2, -0.15) is 0 Å². The van der Waals surface area contributed by atoms with Gasteiger partial charge in [0, 0.05) is 11.6 Å². The van der Waals surface area contributed by atoms with Crippen molar-refractivity contribution in [3.8, 4) is 0 Å². The van der Waals surface area contributed by atoms with Crippen LogP contribution in [0.4, 0.5) is 0 Å². The molecular weight excluding hydrogens is 258 g/mol. The molecule has 5 heteroatoms. The maximum absolute atomic E-state index is 9.94. The molecule has 0 spiro atoms. The van der Waals surface area contributed by atoms with Gasteiger partial charge in [0.05, 0.1) is 0 Å². The van der Waals surface area contributed by atoms with Gasteiger partial charge in [-0.25, -0.2) is 9.66 Å². The largest absolute Gasteiger partial charge is 0.372 e. The first-order chi connectivity index (χ1) is 9.17. The van der Waals surface area contributed by atoms with Crippen molar-refractivity contribution < 1.29 is 5.11 Å². The van der Waals surface area contributed by atoms with Gasteiger partial charge in [0.15, 0.2) is 5.65 Å². The van der Waals surface area contributed by atoms with Crippen molar-refractivity contribution in [1.29, 1.82) is 0 Å². The van der Waals surface area contributed by atoms with Crippen LogP contribution in [0.3, 0.4) is 0 Å². The maximum Gasteiger partial charge on any atom is 0.159 e. The van der Waals surface area contributed by atoms with Crippen molar-refractivity contribution in [1.82, 2.24) is 9.66 Å². The molecule has 0 aliphatic rings. The summed E-state index contributed by atoms with van der Waals surface area (Å²) in [5.41, 5.74) is 4.86. The van der Waals surface area contributed by atoms with Gasteiger partial charge in [-0.3, -0.25) is 5.43 Å². The fourth-order valence-corrected chi connectivity index (χ4v) is 2.40. The summed E-state index contributed by atoms with van der Waals surface area (Å²) >= 11 is 5.47. The van der Waals surface area contributed by atoms with E-state index in [9.17, 15) is 5.11 Å². The van der Waals surface area contributed by atoms with Crippen molar-refractivity contribution in [2.24, 2.45) is 0 Å². The van der Waals surface area contributed by atoms with E-state index >= 15 is 0 Å². The molecule has 102 valence electrons. The summed E-state index contributed by atoms with van der Waals surface area (Å²) in [4.78, 5) is 4.35. The summed E-state index contributed by atoms with van der Waals surface area (Å²) in [6.45, 7) is 4.10. The summed E-state index contributed by atoms with van der Waals surface area (Å²) in [5.74, 6) is 0. The predicted octanol–water partition coefficient (Wildman–Crippen LogP) is 2.99. The number of aryl methyl sites for hydroxylation is 1. The molecule has 0 aromatic carbocycles. The van der Waals surface area contributed by atoms with Gasteiger partial charge in [0.2, 0.25) is 0 Å². The first-order valence-corrected chi connectivity index (χ1v) is 7.02. The van der Waals surface area contributed by atoms with Gasteiger partial charge in [0.1, 0.15) is 10.9 Å². The highest BCUT2D eigenvalue weighted by Crippen LogP contribution is 2.16. The van der Waals surface area contributed by atoms with E-state index in [4.69, 9.17) is 12.2 Å². The van der Waals surface area contributed by atoms with E-state index < -0.39 is 6.23 Å². The standard InChI is InChI=1S/C14H19N3OS/c1-3-6-12(18)16-17-13-11(7-5-8-15-13)9-10(4-2)14(17)19/h5,7-9,12,16,18H,3-4,6H2,1-2H3. The molecule has 0 aliphatic heterocycles. The van der Waals surface area contributed by atoms with Crippen molar-refractivity contribution >= 4 is 23.3 Å². The molecule has 19 heavy (non-hydrogen) atoms. The number of rotatable bonds is 5. The Morgan fingerprint density at radius 2 is 2.26 bits per heavy atom. The average Bonchev–Trinajstić information content (AvgIpc) is 2.42. The number of aliphatic hydroxyl groups is 1. The summed E-state index contributed by atoms with van der Waals surface area (Å²) in [7, 11) is 0. The summed E-state index contributed by atoms with van der Waals surface area (Å²) < 4.78 is 2.41. The number of hydrogen-bond donors (Lipinski definition) is 2. The lowest BCUT2D eigenvalue weighted by Gasteiger charge is -2.19. The van der Waals surface area contributed by atoms with Crippen molar-refractivity contribution in [2.75, 3.05) is 5.43 Å². The molecule has 2 aromatic heterocycles. The molecule has 2 heterocycles. The Bertz CT molecular complexity index is 624. The molecule has 1 atom stereocenters. The zero-order valence-corrected chi connectivity index (χ0v) is 12.1. The van der Waals surface area contributed by atoms with Crippen LogP contribution in [0.25, 0.3) is 11.0 Å². The van der Waals surface area contributed by atoms with E-state index in [2.05, 4.69) is 23.4 Å². The highest BCUT2D eigenvalue weighted by atomic mass is 32.1. The van der Waals surface area contributed by atoms with E-state index in [0.717, 1.165) is 29.4 Å². The molecule has 0 amide bonds. The van der Waals surface area contributed by atoms with Crippen LogP contribution in [0.15, 0.2) is 24.4 Å². The monoisotopic (exact) mass is 277 g/mol. The molecule has 1 unspecified atom stereocenters. The molecule has 2 rings (SSSR count). The van der Waals surface area contributed by atoms with Crippen LogP contribution in [-0.4, -0.2) is 21.0 Å². The van der Waals surface area contributed by atoms with Gasteiger partial charge < -0.3 is 5.11 Å². The van der Waals surface area contributed by atoms with Crippen LogP contribution < -0.4 is 5.43 Å². The summed E-state index contributed by atoms with van der Waals surface area (Å²) in [6.07, 6.45) is 3.55. The van der Waals surface area contributed by atoms with Crippen LogP contribution in [0.1, 0.15) is 32.3 Å². The van der Waals surface area contributed by atoms with E-state index in [1.165, 1.54) is 0 Å². The molecule has 2 aromatic rings. The smallest absolute Gasteiger partial charge is 0.159 e.